The van der Waals surface area contributed by atoms with Crippen molar-refractivity contribution in [2.45, 2.75) is 11.6 Å². The number of sulfone groups is 1. The summed E-state index contributed by atoms with van der Waals surface area (Å²) in [6.07, 6.45) is 0.953. The van der Waals surface area contributed by atoms with E-state index in [0.29, 0.717) is 5.56 Å². The van der Waals surface area contributed by atoms with E-state index in [1.165, 1.54) is 18.2 Å². The molecular formula is C15H11FN2O5S. The van der Waals surface area contributed by atoms with Crippen LogP contribution in [0.3, 0.4) is 0 Å². The molecule has 1 N–H and O–H groups in total. The molecule has 0 saturated heterocycles. The van der Waals surface area contributed by atoms with Crippen LogP contribution in [0.5, 0.6) is 0 Å². The van der Waals surface area contributed by atoms with Crippen molar-refractivity contribution < 1.29 is 17.2 Å². The van der Waals surface area contributed by atoms with Crippen molar-refractivity contribution in [1.82, 2.24) is 9.97 Å². The van der Waals surface area contributed by atoms with E-state index in [4.69, 9.17) is 4.42 Å². The zero-order valence-corrected chi connectivity index (χ0v) is 13.2. The fraction of sp³-hybridized carbons (Fsp3) is 0.133. The lowest BCUT2D eigenvalue weighted by atomic mass is 10.0. The van der Waals surface area contributed by atoms with Crippen molar-refractivity contribution in [1.29, 1.82) is 0 Å². The molecule has 0 unspecified atom stereocenters. The number of nitrogens with zero attached hydrogens (tertiary/aromatic N) is 1. The molecule has 3 aromatic rings. The van der Waals surface area contributed by atoms with E-state index in [0.717, 1.165) is 12.3 Å². The van der Waals surface area contributed by atoms with Crippen molar-refractivity contribution >= 4 is 20.9 Å². The maximum atomic E-state index is 13.3. The van der Waals surface area contributed by atoms with Crippen LogP contribution in [0.4, 0.5) is 4.39 Å². The molecule has 0 aliphatic heterocycles. The molecule has 3 rings (SSSR count). The Morgan fingerprint density at radius 3 is 2.67 bits per heavy atom. The third-order valence-corrected chi connectivity index (χ3v) is 4.21. The summed E-state index contributed by atoms with van der Waals surface area (Å²) in [6.45, 7) is 0. The first-order valence-corrected chi connectivity index (χ1v) is 8.65. The summed E-state index contributed by atoms with van der Waals surface area (Å²) in [5.74, 6) is -0.453. The van der Waals surface area contributed by atoms with Crippen molar-refractivity contribution in [3.05, 3.63) is 68.0 Å². The number of nitrogens with one attached hydrogen (secondary N) is 1. The van der Waals surface area contributed by atoms with Gasteiger partial charge in [0, 0.05) is 12.3 Å². The minimum Gasteiger partial charge on any atom is -0.403 e. The smallest absolute Gasteiger partial charge is 0.337 e. The quantitative estimate of drug-likeness (QED) is 0.706. The zero-order chi connectivity index (χ0) is 17.5. The molecule has 0 saturated carbocycles. The van der Waals surface area contributed by atoms with Gasteiger partial charge in [-0.3, -0.25) is 9.78 Å². The molecule has 0 atom stereocenters. The van der Waals surface area contributed by atoms with Gasteiger partial charge in [0.1, 0.15) is 11.2 Å². The van der Waals surface area contributed by atoms with Gasteiger partial charge in [0.25, 0.3) is 5.56 Å². The molecule has 0 amide bonds. The second-order valence-electron chi connectivity index (χ2n) is 5.22. The normalized spacial score (nSPS) is 11.8. The number of benzene rings is 1. The van der Waals surface area contributed by atoms with E-state index >= 15 is 0 Å². The third-order valence-electron chi connectivity index (χ3n) is 3.31. The van der Waals surface area contributed by atoms with Crippen LogP contribution in [-0.4, -0.2) is 24.6 Å². The largest absolute Gasteiger partial charge is 0.403 e. The van der Waals surface area contributed by atoms with Crippen molar-refractivity contribution in [3.8, 4) is 0 Å². The summed E-state index contributed by atoms with van der Waals surface area (Å²) in [6, 6.07) is 6.78. The van der Waals surface area contributed by atoms with Crippen LogP contribution < -0.4 is 11.2 Å². The molecule has 0 aliphatic rings. The predicted molar refractivity (Wildman–Crippen MR) is 83.2 cm³/mol. The molecule has 2 heterocycles. The number of aromatic nitrogens is 2. The van der Waals surface area contributed by atoms with Gasteiger partial charge in [-0.15, -0.1) is 0 Å². The number of H-pyrrole nitrogens is 1. The molecule has 7 nitrogen and oxygen atoms in total. The number of aromatic amines is 1. The van der Waals surface area contributed by atoms with E-state index in [9.17, 15) is 22.4 Å². The minimum atomic E-state index is -3.79. The van der Waals surface area contributed by atoms with Crippen molar-refractivity contribution in [2.24, 2.45) is 0 Å². The molecule has 1 aromatic carbocycles. The fourth-order valence-corrected chi connectivity index (χ4v) is 2.84. The Morgan fingerprint density at radius 2 is 2.00 bits per heavy atom. The van der Waals surface area contributed by atoms with Gasteiger partial charge in [0.05, 0.1) is 0 Å². The van der Waals surface area contributed by atoms with Crippen LogP contribution in [-0.2, 0) is 16.3 Å². The Morgan fingerprint density at radius 1 is 1.25 bits per heavy atom. The van der Waals surface area contributed by atoms with Crippen LogP contribution in [0.15, 0.2) is 49.5 Å². The van der Waals surface area contributed by atoms with Gasteiger partial charge in [-0.05, 0) is 29.7 Å². The molecule has 124 valence electrons. The van der Waals surface area contributed by atoms with E-state index in [2.05, 4.69) is 9.97 Å². The highest BCUT2D eigenvalue weighted by atomic mass is 32.2. The zero-order valence-electron chi connectivity index (χ0n) is 12.4. The molecule has 0 bridgehead atoms. The van der Waals surface area contributed by atoms with E-state index < -0.39 is 32.0 Å². The maximum Gasteiger partial charge on any atom is 0.337 e. The second-order valence-corrected chi connectivity index (χ2v) is 7.15. The Bertz CT molecular complexity index is 1160. The number of hydrogen-bond donors (Lipinski definition) is 1. The number of rotatable bonds is 3. The number of halogens is 1. The van der Waals surface area contributed by atoms with Crippen LogP contribution in [0.2, 0.25) is 0 Å². The van der Waals surface area contributed by atoms with E-state index in [1.807, 2.05) is 0 Å². The monoisotopic (exact) mass is 350 g/mol. The van der Waals surface area contributed by atoms with E-state index in [-0.39, 0.29) is 23.1 Å². The lowest BCUT2D eigenvalue weighted by molar-refractivity contribution is 0.537. The Labute approximate surface area is 134 Å². The first-order valence-electron chi connectivity index (χ1n) is 6.75. The summed E-state index contributed by atoms with van der Waals surface area (Å²) < 4.78 is 41.2. The molecule has 0 spiro atoms. The fourth-order valence-electron chi connectivity index (χ4n) is 2.31. The Kier molecular flexibility index (Phi) is 3.80. The second kappa shape index (κ2) is 5.68. The molecule has 9 heteroatoms. The van der Waals surface area contributed by atoms with E-state index in [1.54, 1.807) is 6.07 Å². The van der Waals surface area contributed by atoms with Gasteiger partial charge in [0.2, 0.25) is 20.7 Å². The highest BCUT2D eigenvalue weighted by Gasteiger charge is 2.17. The number of fused-ring (bicyclic) bond motifs is 1. The van der Waals surface area contributed by atoms with Crippen LogP contribution in [0, 0.1) is 5.82 Å². The summed E-state index contributed by atoms with van der Waals surface area (Å²) in [5.41, 5.74) is -1.12. The Hall–Kier alpha value is -2.81. The van der Waals surface area contributed by atoms with Crippen molar-refractivity contribution in [2.75, 3.05) is 6.26 Å². The lowest BCUT2D eigenvalue weighted by Crippen LogP contribution is -2.18. The first-order chi connectivity index (χ1) is 11.2. The van der Waals surface area contributed by atoms with Crippen molar-refractivity contribution in [3.63, 3.8) is 0 Å². The highest BCUT2D eigenvalue weighted by Crippen LogP contribution is 2.17. The SMILES string of the molecule is CS(=O)(=O)c1nc2oc(=O)cc(Cc3cccc(F)c3)c2c(=O)[nH]1. The molecular weight excluding hydrogens is 339 g/mol. The predicted octanol–water partition coefficient (Wildman–Crippen LogP) is 1.01. The van der Waals surface area contributed by atoms with Crippen LogP contribution in [0.25, 0.3) is 11.1 Å². The van der Waals surface area contributed by atoms with Gasteiger partial charge < -0.3 is 4.42 Å². The van der Waals surface area contributed by atoms with Gasteiger partial charge >= 0.3 is 5.63 Å². The van der Waals surface area contributed by atoms with Gasteiger partial charge in [-0.25, -0.2) is 17.6 Å². The summed E-state index contributed by atoms with van der Waals surface area (Å²) >= 11 is 0. The molecule has 0 fully saturated rings. The first kappa shape index (κ1) is 16.1. The molecule has 2 aromatic heterocycles. The maximum absolute atomic E-state index is 13.3. The number of hydrogen-bond acceptors (Lipinski definition) is 6. The van der Waals surface area contributed by atoms with Gasteiger partial charge in [-0.1, -0.05) is 12.1 Å². The van der Waals surface area contributed by atoms with Gasteiger partial charge in [0.15, 0.2) is 0 Å². The molecule has 0 radical (unpaired) electrons. The highest BCUT2D eigenvalue weighted by molar-refractivity contribution is 7.90. The average molecular weight is 350 g/mol. The lowest BCUT2D eigenvalue weighted by Gasteiger charge is -2.06. The average Bonchev–Trinajstić information content (AvgIpc) is 2.45. The van der Waals surface area contributed by atoms with Gasteiger partial charge in [-0.2, -0.15) is 4.98 Å². The third kappa shape index (κ3) is 3.11. The topological polar surface area (TPSA) is 110 Å². The molecule has 24 heavy (non-hydrogen) atoms. The summed E-state index contributed by atoms with van der Waals surface area (Å²) in [5, 5.41) is -0.641. The summed E-state index contributed by atoms with van der Waals surface area (Å²) in [4.78, 5) is 29.8. The summed E-state index contributed by atoms with van der Waals surface area (Å²) in [7, 11) is -3.79. The molecule has 0 aliphatic carbocycles. The Balaban J connectivity index is 2.26. The standard InChI is InChI=1S/C15H11FN2O5S/c1-24(21,22)15-17-13(20)12-9(7-11(19)23-14(12)18-15)5-8-3-2-4-10(16)6-8/h2-4,6-7H,5H2,1H3,(H,17,18,20). The minimum absolute atomic E-state index is 0.0498. The van der Waals surface area contributed by atoms with Crippen LogP contribution >= 0.6 is 0 Å². The van der Waals surface area contributed by atoms with Crippen LogP contribution in [0.1, 0.15) is 11.1 Å².